The molecule has 0 aliphatic carbocycles. The van der Waals surface area contributed by atoms with Gasteiger partial charge in [0.05, 0.1) is 19.3 Å². The lowest BCUT2D eigenvalue weighted by Gasteiger charge is -2.21. The predicted octanol–water partition coefficient (Wildman–Crippen LogP) is 0.562. The molecule has 2 heterocycles. The zero-order valence-corrected chi connectivity index (χ0v) is 11.7. The van der Waals surface area contributed by atoms with E-state index in [1.165, 1.54) is 10.2 Å². The van der Waals surface area contributed by atoms with Crippen molar-refractivity contribution in [2.24, 2.45) is 0 Å². The van der Waals surface area contributed by atoms with Crippen molar-refractivity contribution in [3.05, 3.63) is 45.7 Å². The lowest BCUT2D eigenvalue weighted by atomic mass is 10.2. The maximum absolute atomic E-state index is 11.2. The molecule has 1 aromatic rings. The quantitative estimate of drug-likeness (QED) is 0.266. The van der Waals surface area contributed by atoms with Crippen molar-refractivity contribution in [1.82, 2.24) is 10.2 Å². The van der Waals surface area contributed by atoms with E-state index >= 15 is 0 Å². The Morgan fingerprint density at radius 2 is 2.16 bits per heavy atom. The van der Waals surface area contributed by atoms with Crippen LogP contribution in [0.1, 0.15) is 18.3 Å². The van der Waals surface area contributed by atoms with Gasteiger partial charge < -0.3 is 12.8 Å². The Hall–Kier alpha value is -1.93. The normalized spacial score (nSPS) is 22.6. The predicted molar refractivity (Wildman–Crippen MR) is 70.3 cm³/mol. The summed E-state index contributed by atoms with van der Waals surface area (Å²) in [6.45, 7) is 4.20. The Kier molecular flexibility index (Phi) is 3.29. The first-order valence-corrected chi connectivity index (χ1v) is 6.13. The molecule has 0 saturated carbocycles. The Balaban J connectivity index is 2.55. The molecule has 8 heteroatoms. The monoisotopic (exact) mass is 280 g/mol. The molecule has 1 aliphatic rings. The fourth-order valence-electron chi connectivity index (χ4n) is 2.04. The Labute approximate surface area is 116 Å². The molecule has 0 saturated heterocycles. The van der Waals surface area contributed by atoms with Crippen LogP contribution < -0.4 is 0 Å². The van der Waals surface area contributed by atoms with E-state index in [0.717, 1.165) is 5.69 Å². The summed E-state index contributed by atoms with van der Waals surface area (Å²) >= 11 is 5.18. The maximum Gasteiger partial charge on any atom is 0.500 e. The van der Waals surface area contributed by atoms with E-state index < -0.39 is 4.92 Å². The fourth-order valence-corrected chi connectivity index (χ4v) is 2.41. The summed E-state index contributed by atoms with van der Waals surface area (Å²) in [4.78, 5) is 10.7. The lowest BCUT2D eigenvalue weighted by Crippen LogP contribution is -2.50. The summed E-state index contributed by atoms with van der Waals surface area (Å²) in [7, 11) is 1.75. The molecule has 1 aliphatic heterocycles. The molecule has 1 atom stereocenters. The van der Waals surface area contributed by atoms with Gasteiger partial charge in [0, 0.05) is 0 Å². The zero-order chi connectivity index (χ0) is 14.2. The smallest absolute Gasteiger partial charge is 0.421 e. The van der Waals surface area contributed by atoms with Gasteiger partial charge in [-0.15, -0.1) is 9.58 Å². The Morgan fingerprint density at radius 3 is 2.63 bits per heavy atom. The van der Waals surface area contributed by atoms with Gasteiger partial charge in [-0.1, -0.05) is 0 Å². The van der Waals surface area contributed by atoms with E-state index in [4.69, 9.17) is 12.8 Å². The highest BCUT2D eigenvalue weighted by Crippen LogP contribution is 2.25. The van der Waals surface area contributed by atoms with E-state index in [1.807, 2.05) is 19.9 Å². The van der Waals surface area contributed by atoms with Gasteiger partial charge in [-0.05, 0) is 26.0 Å². The molecule has 7 nitrogen and oxygen atoms in total. The van der Waals surface area contributed by atoms with Gasteiger partial charge in [-0.3, -0.25) is 10.1 Å². The first kappa shape index (κ1) is 13.5. The molecule has 2 rings (SSSR count). The van der Waals surface area contributed by atoms with Crippen LogP contribution in [0.25, 0.3) is 0 Å². The molecule has 0 fully saturated rings. The minimum atomic E-state index is -0.405. The molecular formula is C11H14N5O2S+. The highest BCUT2D eigenvalue weighted by molar-refractivity contribution is 7.51. The summed E-state index contributed by atoms with van der Waals surface area (Å²) < 4.78 is 1.34. The number of aryl methyl sites for hydroxylation is 1. The molecule has 0 spiro atoms. The molecule has 1 unspecified atom stereocenters. The average Bonchev–Trinajstić information content (AvgIpc) is 2.64. The second-order valence-corrected chi connectivity index (χ2v) is 4.85. The van der Waals surface area contributed by atoms with Crippen LogP contribution in [-0.2, 0) is 12.8 Å². The third-order valence-corrected chi connectivity index (χ3v) is 3.54. The van der Waals surface area contributed by atoms with Gasteiger partial charge in [0.1, 0.15) is 4.92 Å². The van der Waals surface area contributed by atoms with E-state index in [9.17, 15) is 10.1 Å². The first-order chi connectivity index (χ1) is 8.90. The van der Waals surface area contributed by atoms with Gasteiger partial charge in [0.25, 0.3) is 6.20 Å². The third-order valence-electron chi connectivity index (χ3n) is 3.26. The average molecular weight is 280 g/mol. The first-order valence-electron chi connectivity index (χ1n) is 5.77. The van der Waals surface area contributed by atoms with Crippen LogP contribution in [0, 0.1) is 17.0 Å². The molecule has 0 bridgehead atoms. The van der Waals surface area contributed by atoms with Crippen molar-refractivity contribution in [3.63, 3.8) is 0 Å². The molecule has 0 N–H and O–H groups in total. The van der Waals surface area contributed by atoms with Gasteiger partial charge in [0.2, 0.25) is 5.69 Å². The van der Waals surface area contributed by atoms with Gasteiger partial charge >= 0.3 is 11.7 Å². The minimum absolute atomic E-state index is 0.00818. The van der Waals surface area contributed by atoms with Crippen LogP contribution in [-0.4, -0.2) is 43.0 Å². The van der Waals surface area contributed by atoms with Crippen LogP contribution in [0.4, 0.5) is 0 Å². The Bertz CT molecular complexity index is 596. The molecule has 100 valence electrons. The molecule has 0 aromatic carbocycles. The number of hydrogen-bond donors (Lipinski definition) is 0. The molecule has 0 amide bonds. The highest BCUT2D eigenvalue weighted by Gasteiger charge is 2.53. The van der Waals surface area contributed by atoms with Crippen LogP contribution in [0.3, 0.4) is 0 Å². The zero-order valence-electron chi connectivity index (χ0n) is 10.9. The summed E-state index contributed by atoms with van der Waals surface area (Å²) in [5, 5.41) is 19.2. The maximum atomic E-state index is 11.2. The van der Waals surface area contributed by atoms with Crippen molar-refractivity contribution < 1.29 is 13.4 Å². The summed E-state index contributed by atoms with van der Waals surface area (Å²) in [6.07, 6.45) is 1.36. The van der Waals surface area contributed by atoms with E-state index in [-0.39, 0.29) is 10.3 Å². The van der Waals surface area contributed by atoms with Crippen molar-refractivity contribution in [1.29, 1.82) is 0 Å². The molecule has 1 aromatic heterocycles. The van der Waals surface area contributed by atoms with Crippen molar-refractivity contribution in [2.75, 3.05) is 13.6 Å². The van der Waals surface area contributed by atoms with Crippen LogP contribution in [0.15, 0.2) is 24.2 Å². The third kappa shape index (κ3) is 2.08. The molecule has 19 heavy (non-hydrogen) atoms. The van der Waals surface area contributed by atoms with Crippen LogP contribution in [0.5, 0.6) is 0 Å². The summed E-state index contributed by atoms with van der Waals surface area (Å²) in [5.74, 6) is 0.617. The number of nitro groups is 1. The minimum Gasteiger partial charge on any atom is -0.421 e. The topological polar surface area (TPSA) is 71.9 Å². The second kappa shape index (κ2) is 4.63. The summed E-state index contributed by atoms with van der Waals surface area (Å²) in [5.41, 5.74) is 1.34. The van der Waals surface area contributed by atoms with Gasteiger partial charge in [-0.2, -0.15) is 5.10 Å². The number of hydrogen-bond acceptors (Lipinski definition) is 5. The number of quaternary nitrogens is 1. The highest BCUT2D eigenvalue weighted by atomic mass is 32.1. The fraction of sp³-hybridized carbons (Fsp3) is 0.364. The number of aromatic nitrogens is 2. The summed E-state index contributed by atoms with van der Waals surface area (Å²) in [6, 6.07) is 3.59. The molecular weight excluding hydrogens is 266 g/mol. The number of amidine groups is 1. The largest absolute Gasteiger partial charge is 0.500 e. The lowest BCUT2D eigenvalue weighted by molar-refractivity contribution is -0.848. The van der Waals surface area contributed by atoms with E-state index in [1.54, 1.807) is 13.1 Å². The standard InChI is InChI=1S/C11H14N5O2S/c1-4-16(3)10(15(17)18)7-14(19)11(16)9-6-5-8(2)12-13-9/h5-7H,4H2,1-3H3/q+1. The van der Waals surface area contributed by atoms with Gasteiger partial charge in [-0.25, -0.2) is 3.98 Å². The SMILES string of the molecule is CC[N+]1(C)C([N+](=O)[O-])=C[N+]([S-])=C1c1ccc(C)nn1. The van der Waals surface area contributed by atoms with Crippen molar-refractivity contribution in [3.8, 4) is 0 Å². The van der Waals surface area contributed by atoms with E-state index in [0.29, 0.717) is 18.1 Å². The number of nitrogens with zero attached hydrogens (tertiary/aromatic N) is 5. The van der Waals surface area contributed by atoms with E-state index in [2.05, 4.69) is 10.2 Å². The Morgan fingerprint density at radius 1 is 1.47 bits per heavy atom. The van der Waals surface area contributed by atoms with Gasteiger partial charge in [0.15, 0.2) is 0 Å². The van der Waals surface area contributed by atoms with Crippen LogP contribution >= 0.6 is 0 Å². The molecule has 0 radical (unpaired) electrons. The number of rotatable bonds is 3. The van der Waals surface area contributed by atoms with Crippen molar-refractivity contribution >= 4 is 18.7 Å². The van der Waals surface area contributed by atoms with Crippen LogP contribution in [0.2, 0.25) is 0 Å². The van der Waals surface area contributed by atoms with Crippen molar-refractivity contribution in [2.45, 2.75) is 13.8 Å². The second-order valence-electron chi connectivity index (χ2n) is 4.46.